The van der Waals surface area contributed by atoms with E-state index in [0.717, 1.165) is 24.6 Å². The van der Waals surface area contributed by atoms with Gasteiger partial charge < -0.3 is 10.2 Å². The molecule has 0 spiro atoms. The lowest BCUT2D eigenvalue weighted by molar-refractivity contribution is 0.547. The molecule has 1 aromatic heterocycles. The van der Waals surface area contributed by atoms with Gasteiger partial charge in [0.2, 0.25) is 0 Å². The van der Waals surface area contributed by atoms with E-state index in [1.807, 2.05) is 24.2 Å². The molecule has 0 aliphatic carbocycles. The van der Waals surface area contributed by atoms with Gasteiger partial charge in [0, 0.05) is 25.4 Å². The van der Waals surface area contributed by atoms with Crippen LogP contribution in [0.4, 0.5) is 5.82 Å². The summed E-state index contributed by atoms with van der Waals surface area (Å²) in [6.07, 6.45) is 5.04. The van der Waals surface area contributed by atoms with E-state index < -0.39 is 0 Å². The lowest BCUT2D eigenvalue weighted by atomic mass is 10.2. The molecule has 1 aliphatic heterocycles. The van der Waals surface area contributed by atoms with Crippen LogP contribution >= 0.6 is 11.8 Å². The zero-order chi connectivity index (χ0) is 13.7. The molecule has 1 atom stereocenters. The number of rotatable bonds is 6. The van der Waals surface area contributed by atoms with Gasteiger partial charge in [0.25, 0.3) is 0 Å². The molecule has 1 aliphatic rings. The van der Waals surface area contributed by atoms with E-state index in [1.165, 1.54) is 17.9 Å². The summed E-state index contributed by atoms with van der Waals surface area (Å²) in [6.45, 7) is 6.23. The molecule has 0 radical (unpaired) electrons. The summed E-state index contributed by atoms with van der Waals surface area (Å²) in [4.78, 5) is 11.3. The standard InChI is InChI=1S/C14H24N4S/c1-11(2)6-15-7-12-8-17-14(9-16-12)18(3)13-4-5-19-10-13/h8-9,11,13,15H,4-7,10H2,1-3H3. The second kappa shape index (κ2) is 7.10. The first-order valence-corrected chi connectivity index (χ1v) is 8.14. The molecule has 1 N–H and O–H groups in total. The van der Waals surface area contributed by atoms with Crippen LogP contribution in [0.15, 0.2) is 12.4 Å². The van der Waals surface area contributed by atoms with Gasteiger partial charge in [0.1, 0.15) is 5.82 Å². The Hall–Kier alpha value is -0.810. The summed E-state index contributed by atoms with van der Waals surface area (Å²) in [7, 11) is 2.12. The Kier molecular flexibility index (Phi) is 5.45. The van der Waals surface area contributed by atoms with Crippen molar-refractivity contribution in [1.29, 1.82) is 0 Å². The van der Waals surface area contributed by atoms with Crippen LogP contribution in [0, 0.1) is 5.92 Å². The zero-order valence-electron chi connectivity index (χ0n) is 12.1. The Labute approximate surface area is 120 Å². The molecule has 2 heterocycles. The largest absolute Gasteiger partial charge is 0.355 e. The lowest BCUT2D eigenvalue weighted by Gasteiger charge is -2.24. The number of anilines is 1. The summed E-state index contributed by atoms with van der Waals surface area (Å²) in [5.74, 6) is 4.12. The predicted molar refractivity (Wildman–Crippen MR) is 82.7 cm³/mol. The summed E-state index contributed by atoms with van der Waals surface area (Å²) >= 11 is 2.02. The van der Waals surface area contributed by atoms with Crippen molar-refractivity contribution in [3.8, 4) is 0 Å². The number of hydrogen-bond donors (Lipinski definition) is 1. The van der Waals surface area contributed by atoms with Crippen molar-refractivity contribution in [3.05, 3.63) is 18.1 Å². The van der Waals surface area contributed by atoms with Crippen molar-refractivity contribution >= 4 is 17.6 Å². The van der Waals surface area contributed by atoms with E-state index in [-0.39, 0.29) is 0 Å². The highest BCUT2D eigenvalue weighted by atomic mass is 32.2. The maximum Gasteiger partial charge on any atom is 0.147 e. The number of hydrogen-bond acceptors (Lipinski definition) is 5. The highest BCUT2D eigenvalue weighted by Crippen LogP contribution is 2.24. The third-order valence-corrected chi connectivity index (χ3v) is 4.51. The number of nitrogens with one attached hydrogen (secondary N) is 1. The molecule has 1 aromatic rings. The molecule has 4 nitrogen and oxygen atoms in total. The first-order chi connectivity index (χ1) is 9.16. The topological polar surface area (TPSA) is 41.1 Å². The first-order valence-electron chi connectivity index (χ1n) is 6.99. The molecular weight excluding hydrogens is 256 g/mol. The molecule has 5 heteroatoms. The van der Waals surface area contributed by atoms with Crippen LogP contribution < -0.4 is 10.2 Å². The molecular formula is C14H24N4S. The molecule has 0 aromatic carbocycles. The van der Waals surface area contributed by atoms with Crippen molar-refractivity contribution in [2.45, 2.75) is 32.9 Å². The van der Waals surface area contributed by atoms with Crippen LogP contribution in [0.25, 0.3) is 0 Å². The minimum absolute atomic E-state index is 0.615. The van der Waals surface area contributed by atoms with Crippen molar-refractivity contribution < 1.29 is 0 Å². The normalized spacial score (nSPS) is 19.1. The smallest absolute Gasteiger partial charge is 0.147 e. The van der Waals surface area contributed by atoms with E-state index in [1.54, 1.807) is 0 Å². The molecule has 1 fully saturated rings. The van der Waals surface area contributed by atoms with E-state index in [0.29, 0.717) is 12.0 Å². The third kappa shape index (κ3) is 4.35. The van der Waals surface area contributed by atoms with Crippen LogP contribution in [0.2, 0.25) is 0 Å². The van der Waals surface area contributed by atoms with Gasteiger partial charge in [-0.15, -0.1) is 0 Å². The fourth-order valence-corrected chi connectivity index (χ4v) is 3.39. The van der Waals surface area contributed by atoms with Gasteiger partial charge in [-0.25, -0.2) is 4.98 Å². The van der Waals surface area contributed by atoms with Gasteiger partial charge >= 0.3 is 0 Å². The second-order valence-electron chi connectivity index (χ2n) is 5.52. The van der Waals surface area contributed by atoms with Crippen LogP contribution in [-0.4, -0.2) is 41.1 Å². The predicted octanol–water partition coefficient (Wildman–Crippen LogP) is 2.16. The maximum absolute atomic E-state index is 4.54. The van der Waals surface area contributed by atoms with E-state index in [4.69, 9.17) is 0 Å². The van der Waals surface area contributed by atoms with E-state index in [2.05, 4.69) is 41.1 Å². The van der Waals surface area contributed by atoms with Gasteiger partial charge in [0.05, 0.1) is 18.1 Å². The Bertz CT molecular complexity index is 374. The molecule has 1 saturated heterocycles. The van der Waals surface area contributed by atoms with Gasteiger partial charge in [-0.1, -0.05) is 13.8 Å². The molecule has 0 amide bonds. The summed E-state index contributed by atoms with van der Waals surface area (Å²) in [6, 6.07) is 0.615. The van der Waals surface area contributed by atoms with E-state index >= 15 is 0 Å². The SMILES string of the molecule is CC(C)CNCc1cnc(N(C)C2CCSC2)cn1. The van der Waals surface area contributed by atoms with Gasteiger partial charge in [-0.05, 0) is 24.6 Å². The highest BCUT2D eigenvalue weighted by Gasteiger charge is 2.21. The maximum atomic E-state index is 4.54. The highest BCUT2D eigenvalue weighted by molar-refractivity contribution is 7.99. The van der Waals surface area contributed by atoms with Crippen molar-refractivity contribution in [2.24, 2.45) is 5.92 Å². The Morgan fingerprint density at radius 3 is 2.84 bits per heavy atom. The van der Waals surface area contributed by atoms with Crippen LogP contribution in [0.1, 0.15) is 26.0 Å². The fraction of sp³-hybridized carbons (Fsp3) is 0.714. The fourth-order valence-electron chi connectivity index (χ4n) is 2.12. The zero-order valence-corrected chi connectivity index (χ0v) is 12.9. The number of nitrogens with zero attached hydrogens (tertiary/aromatic N) is 3. The molecule has 1 unspecified atom stereocenters. The molecule has 0 saturated carbocycles. The van der Waals surface area contributed by atoms with Gasteiger partial charge in [-0.2, -0.15) is 11.8 Å². The van der Waals surface area contributed by atoms with Crippen LogP contribution in [0.3, 0.4) is 0 Å². The Morgan fingerprint density at radius 1 is 1.42 bits per heavy atom. The quantitative estimate of drug-likeness (QED) is 0.865. The third-order valence-electron chi connectivity index (χ3n) is 3.37. The minimum atomic E-state index is 0.615. The van der Waals surface area contributed by atoms with Gasteiger partial charge in [-0.3, -0.25) is 4.98 Å². The Morgan fingerprint density at radius 2 is 2.26 bits per heavy atom. The monoisotopic (exact) mass is 280 g/mol. The second-order valence-corrected chi connectivity index (χ2v) is 6.67. The summed E-state index contributed by atoms with van der Waals surface area (Å²) in [5, 5.41) is 3.39. The molecule has 106 valence electrons. The van der Waals surface area contributed by atoms with Crippen LogP contribution in [-0.2, 0) is 6.54 Å². The Balaban J connectivity index is 1.86. The minimum Gasteiger partial charge on any atom is -0.355 e. The molecule has 19 heavy (non-hydrogen) atoms. The average Bonchev–Trinajstić information content (AvgIpc) is 2.92. The molecule has 0 bridgehead atoms. The lowest BCUT2D eigenvalue weighted by Crippen LogP contribution is -2.32. The first kappa shape index (κ1) is 14.6. The number of thioether (sulfide) groups is 1. The summed E-state index contributed by atoms with van der Waals surface area (Å²) in [5.41, 5.74) is 1.01. The van der Waals surface area contributed by atoms with E-state index in [9.17, 15) is 0 Å². The summed E-state index contributed by atoms with van der Waals surface area (Å²) < 4.78 is 0. The van der Waals surface area contributed by atoms with Crippen molar-refractivity contribution in [2.75, 3.05) is 30.0 Å². The number of aromatic nitrogens is 2. The van der Waals surface area contributed by atoms with Crippen LogP contribution in [0.5, 0.6) is 0 Å². The van der Waals surface area contributed by atoms with Crippen molar-refractivity contribution in [3.63, 3.8) is 0 Å². The molecule has 2 rings (SSSR count). The average molecular weight is 280 g/mol. The van der Waals surface area contributed by atoms with Crippen molar-refractivity contribution in [1.82, 2.24) is 15.3 Å². The van der Waals surface area contributed by atoms with Gasteiger partial charge in [0.15, 0.2) is 0 Å².